The van der Waals surface area contributed by atoms with Crippen LogP contribution in [0.3, 0.4) is 0 Å². The normalized spacial score (nSPS) is 17.8. The van der Waals surface area contributed by atoms with E-state index in [4.69, 9.17) is 14.2 Å². The maximum absolute atomic E-state index is 9.49. The van der Waals surface area contributed by atoms with Crippen LogP contribution in [0.1, 0.15) is 38.8 Å². The molecule has 4 nitrogen and oxygen atoms in total. The number of hydrogen-bond donors (Lipinski definition) is 1. The number of phenolic OH excluding ortho intramolecular Hbond substituents is 1. The van der Waals surface area contributed by atoms with E-state index in [1.54, 1.807) is 12.1 Å². The molecule has 2 aromatic carbocycles. The maximum Gasteiger partial charge on any atom is 0.162 e. The molecule has 0 radical (unpaired) electrons. The van der Waals surface area contributed by atoms with Crippen molar-refractivity contribution in [3.05, 3.63) is 59.7 Å². The first-order valence-electron chi connectivity index (χ1n) is 9.07. The summed E-state index contributed by atoms with van der Waals surface area (Å²) in [6.45, 7) is 10.1. The van der Waals surface area contributed by atoms with Crippen LogP contribution in [-0.2, 0) is 14.9 Å². The lowest BCUT2D eigenvalue weighted by Crippen LogP contribution is -2.41. The lowest BCUT2D eigenvalue weighted by molar-refractivity contribution is -0.264. The fourth-order valence-corrected chi connectivity index (χ4v) is 3.05. The highest BCUT2D eigenvalue weighted by molar-refractivity contribution is 5.41. The Morgan fingerprint density at radius 2 is 1.46 bits per heavy atom. The molecule has 0 aliphatic carbocycles. The van der Waals surface area contributed by atoms with E-state index >= 15 is 0 Å². The van der Waals surface area contributed by atoms with E-state index in [-0.39, 0.29) is 17.1 Å². The van der Waals surface area contributed by atoms with Crippen LogP contribution >= 0.6 is 0 Å². The predicted molar refractivity (Wildman–Crippen MR) is 102 cm³/mol. The lowest BCUT2D eigenvalue weighted by Gasteiger charge is -2.34. The van der Waals surface area contributed by atoms with E-state index < -0.39 is 5.79 Å². The molecule has 0 spiro atoms. The Labute approximate surface area is 155 Å². The van der Waals surface area contributed by atoms with Crippen LogP contribution in [0, 0.1) is 5.92 Å². The van der Waals surface area contributed by atoms with E-state index in [9.17, 15) is 5.11 Å². The highest BCUT2D eigenvalue weighted by Crippen LogP contribution is 2.33. The van der Waals surface area contributed by atoms with Crippen molar-refractivity contribution in [2.75, 3.05) is 19.8 Å². The quantitative estimate of drug-likeness (QED) is 0.857. The van der Waals surface area contributed by atoms with Gasteiger partial charge in [0, 0.05) is 11.3 Å². The first kappa shape index (κ1) is 18.7. The minimum Gasteiger partial charge on any atom is -0.508 e. The van der Waals surface area contributed by atoms with Gasteiger partial charge in [0.25, 0.3) is 0 Å². The molecule has 0 unspecified atom stereocenters. The smallest absolute Gasteiger partial charge is 0.162 e. The van der Waals surface area contributed by atoms with Crippen molar-refractivity contribution < 1.29 is 19.3 Å². The Bertz CT molecular complexity index is 707. The molecule has 0 aromatic heterocycles. The second-order valence-electron chi connectivity index (χ2n) is 7.90. The van der Waals surface area contributed by atoms with Gasteiger partial charge < -0.3 is 19.3 Å². The van der Waals surface area contributed by atoms with Crippen LogP contribution in [0.5, 0.6) is 11.5 Å². The van der Waals surface area contributed by atoms with Gasteiger partial charge in [-0.15, -0.1) is 0 Å². The van der Waals surface area contributed by atoms with Gasteiger partial charge in [0.05, 0.1) is 19.8 Å². The minimum absolute atomic E-state index is 0.150. The third-order valence-electron chi connectivity index (χ3n) is 4.98. The molecule has 0 saturated carbocycles. The van der Waals surface area contributed by atoms with E-state index in [2.05, 4.69) is 26.0 Å². The van der Waals surface area contributed by atoms with Crippen LogP contribution in [0.15, 0.2) is 48.5 Å². The van der Waals surface area contributed by atoms with Gasteiger partial charge >= 0.3 is 0 Å². The summed E-state index contributed by atoms with van der Waals surface area (Å²) in [6, 6.07) is 15.6. The van der Waals surface area contributed by atoms with Gasteiger partial charge in [-0.25, -0.2) is 0 Å². The fourth-order valence-electron chi connectivity index (χ4n) is 3.05. The van der Waals surface area contributed by atoms with Gasteiger partial charge in [0.2, 0.25) is 0 Å². The number of phenols is 1. The van der Waals surface area contributed by atoms with Gasteiger partial charge in [-0.3, -0.25) is 0 Å². The zero-order valence-corrected chi connectivity index (χ0v) is 16.0. The predicted octanol–water partition coefficient (Wildman–Crippen LogP) is 4.50. The molecule has 1 saturated heterocycles. The standard InChI is InChI=1S/C22H28O4/c1-21(2,17-5-9-19(23)10-6-17)18-7-11-20(12-8-18)24-13-16-14-25-22(3,4)26-15-16/h5-12,16,23H,13-15H2,1-4H3. The average molecular weight is 356 g/mol. The van der Waals surface area contributed by atoms with Crippen molar-refractivity contribution in [1.82, 2.24) is 0 Å². The van der Waals surface area contributed by atoms with Gasteiger partial charge in [-0.2, -0.15) is 0 Å². The third kappa shape index (κ3) is 4.37. The van der Waals surface area contributed by atoms with Crippen molar-refractivity contribution >= 4 is 0 Å². The number of ether oxygens (including phenoxy) is 3. The van der Waals surface area contributed by atoms with Crippen LogP contribution in [0.2, 0.25) is 0 Å². The highest BCUT2D eigenvalue weighted by atomic mass is 16.7. The molecule has 1 aliphatic rings. The Morgan fingerprint density at radius 1 is 0.962 bits per heavy atom. The molecule has 0 amide bonds. The monoisotopic (exact) mass is 356 g/mol. The Morgan fingerprint density at radius 3 is 2.00 bits per heavy atom. The second kappa shape index (κ2) is 7.29. The zero-order chi connectivity index (χ0) is 18.8. The SMILES string of the molecule is CC1(C)OCC(COc2ccc(C(C)(C)c3ccc(O)cc3)cc2)CO1. The van der Waals surface area contributed by atoms with Gasteiger partial charge in [0.15, 0.2) is 5.79 Å². The molecular formula is C22H28O4. The Balaban J connectivity index is 1.60. The molecule has 1 heterocycles. The number of aromatic hydroxyl groups is 1. The van der Waals surface area contributed by atoms with Crippen molar-refractivity contribution in [1.29, 1.82) is 0 Å². The lowest BCUT2D eigenvalue weighted by atomic mass is 9.78. The van der Waals surface area contributed by atoms with Crippen LogP contribution in [0.25, 0.3) is 0 Å². The number of hydrogen-bond acceptors (Lipinski definition) is 4. The first-order valence-corrected chi connectivity index (χ1v) is 9.07. The molecule has 4 heteroatoms. The zero-order valence-electron chi connectivity index (χ0n) is 16.0. The number of benzene rings is 2. The molecule has 140 valence electrons. The van der Waals surface area contributed by atoms with Crippen LogP contribution in [-0.4, -0.2) is 30.7 Å². The molecule has 26 heavy (non-hydrogen) atoms. The molecule has 0 bridgehead atoms. The molecule has 0 atom stereocenters. The second-order valence-corrected chi connectivity index (χ2v) is 7.90. The highest BCUT2D eigenvalue weighted by Gasteiger charge is 2.28. The third-order valence-corrected chi connectivity index (χ3v) is 4.98. The van der Waals surface area contributed by atoms with E-state index in [0.29, 0.717) is 19.8 Å². The summed E-state index contributed by atoms with van der Waals surface area (Å²) in [6.07, 6.45) is 0. The summed E-state index contributed by atoms with van der Waals surface area (Å²) in [5.41, 5.74) is 2.20. The van der Waals surface area contributed by atoms with Crippen molar-refractivity contribution in [2.45, 2.75) is 38.9 Å². The van der Waals surface area contributed by atoms with Gasteiger partial charge in [-0.1, -0.05) is 38.1 Å². The summed E-state index contributed by atoms with van der Waals surface area (Å²) >= 11 is 0. The van der Waals surface area contributed by atoms with Crippen molar-refractivity contribution in [3.8, 4) is 11.5 Å². The minimum atomic E-state index is -0.488. The Hall–Kier alpha value is -2.04. The average Bonchev–Trinajstić information content (AvgIpc) is 2.61. The van der Waals surface area contributed by atoms with Gasteiger partial charge in [-0.05, 0) is 49.2 Å². The van der Waals surface area contributed by atoms with E-state index in [1.807, 2.05) is 38.1 Å². The topological polar surface area (TPSA) is 47.9 Å². The largest absolute Gasteiger partial charge is 0.508 e. The van der Waals surface area contributed by atoms with E-state index in [1.165, 1.54) is 5.56 Å². The molecule has 1 N–H and O–H groups in total. The molecule has 3 rings (SSSR count). The van der Waals surface area contributed by atoms with Gasteiger partial charge in [0.1, 0.15) is 11.5 Å². The van der Waals surface area contributed by atoms with E-state index in [0.717, 1.165) is 11.3 Å². The maximum atomic E-state index is 9.49. The summed E-state index contributed by atoms with van der Waals surface area (Å²) in [5, 5.41) is 9.49. The van der Waals surface area contributed by atoms with Crippen molar-refractivity contribution in [3.63, 3.8) is 0 Å². The molecular weight excluding hydrogens is 328 g/mol. The molecule has 1 fully saturated rings. The first-order chi connectivity index (χ1) is 12.3. The van der Waals surface area contributed by atoms with Crippen LogP contribution < -0.4 is 4.74 Å². The van der Waals surface area contributed by atoms with Crippen molar-refractivity contribution in [2.24, 2.45) is 5.92 Å². The molecule has 2 aromatic rings. The summed E-state index contributed by atoms with van der Waals surface area (Å²) in [4.78, 5) is 0. The van der Waals surface area contributed by atoms with Crippen LogP contribution in [0.4, 0.5) is 0 Å². The molecule has 1 aliphatic heterocycles. The Kier molecular flexibility index (Phi) is 5.26. The summed E-state index contributed by atoms with van der Waals surface area (Å²) in [5.74, 6) is 0.890. The fraction of sp³-hybridized carbons (Fsp3) is 0.455. The summed E-state index contributed by atoms with van der Waals surface area (Å²) in [7, 11) is 0. The number of rotatable bonds is 5. The summed E-state index contributed by atoms with van der Waals surface area (Å²) < 4.78 is 17.2.